The fourth-order valence-electron chi connectivity index (χ4n) is 3.15. The molecule has 25 heavy (non-hydrogen) atoms. The molecule has 1 fully saturated rings. The third-order valence-electron chi connectivity index (χ3n) is 4.58. The van der Waals surface area contributed by atoms with E-state index < -0.39 is 0 Å². The van der Waals surface area contributed by atoms with E-state index in [0.29, 0.717) is 23.9 Å². The summed E-state index contributed by atoms with van der Waals surface area (Å²) in [7, 11) is 1.60. The number of anilines is 1. The predicted octanol–water partition coefficient (Wildman–Crippen LogP) is 4.48. The quantitative estimate of drug-likeness (QED) is 0.888. The number of aryl methyl sites for hydroxylation is 1. The first-order valence-electron chi connectivity index (χ1n) is 8.68. The Kier molecular flexibility index (Phi) is 4.97. The third-order valence-corrected chi connectivity index (χ3v) is 4.58. The van der Waals surface area contributed by atoms with Gasteiger partial charge in [0.05, 0.1) is 24.5 Å². The molecule has 6 heteroatoms. The second-order valence-electron chi connectivity index (χ2n) is 6.79. The minimum absolute atomic E-state index is 0.0733. The maximum atomic E-state index is 12.8. The highest BCUT2D eigenvalue weighted by Gasteiger charge is 2.33. The van der Waals surface area contributed by atoms with Crippen molar-refractivity contribution in [2.75, 3.05) is 19.0 Å². The maximum absolute atomic E-state index is 12.8. The highest BCUT2D eigenvalue weighted by molar-refractivity contribution is 5.91. The minimum atomic E-state index is -0.145. The molecule has 6 nitrogen and oxygen atoms in total. The molecule has 0 spiro atoms. The van der Waals surface area contributed by atoms with Gasteiger partial charge in [-0.05, 0) is 43.4 Å². The number of methoxy groups -OCH3 is 1. The fourth-order valence-corrected chi connectivity index (χ4v) is 3.15. The monoisotopic (exact) mass is 343 g/mol. The van der Waals surface area contributed by atoms with E-state index in [1.807, 2.05) is 36.1 Å². The SMILES string of the molecule is COc1ccc(C)cc1NC(=O)N1CCCC1c1cc(C(C)C)no1. The Morgan fingerprint density at radius 2 is 2.20 bits per heavy atom. The molecule has 1 N–H and O–H groups in total. The van der Waals surface area contributed by atoms with Gasteiger partial charge in [-0.15, -0.1) is 0 Å². The van der Waals surface area contributed by atoms with Crippen molar-refractivity contribution in [2.45, 2.75) is 45.6 Å². The van der Waals surface area contributed by atoms with Crippen LogP contribution in [0.5, 0.6) is 5.75 Å². The Labute approximate surface area is 148 Å². The van der Waals surface area contributed by atoms with Gasteiger partial charge in [0.2, 0.25) is 0 Å². The zero-order chi connectivity index (χ0) is 18.0. The standard InChI is InChI=1S/C19H25N3O3/c1-12(2)14-11-18(25-21-14)16-6-5-9-22(16)19(23)20-15-10-13(3)7-8-17(15)24-4/h7-8,10-12,16H,5-6,9H2,1-4H3,(H,20,23). The number of likely N-dealkylation sites (tertiary alicyclic amines) is 1. The van der Waals surface area contributed by atoms with Crippen LogP contribution in [0.25, 0.3) is 0 Å². The van der Waals surface area contributed by atoms with Crippen molar-refractivity contribution >= 4 is 11.7 Å². The zero-order valence-electron chi connectivity index (χ0n) is 15.2. The van der Waals surface area contributed by atoms with E-state index >= 15 is 0 Å². The number of carbonyl (C=O) groups is 1. The number of benzene rings is 1. The Morgan fingerprint density at radius 1 is 1.40 bits per heavy atom. The summed E-state index contributed by atoms with van der Waals surface area (Å²) >= 11 is 0. The van der Waals surface area contributed by atoms with Crippen LogP contribution in [0.1, 0.15) is 55.7 Å². The van der Waals surface area contributed by atoms with Crippen molar-refractivity contribution in [3.05, 3.63) is 41.3 Å². The first kappa shape index (κ1) is 17.3. The number of nitrogens with zero attached hydrogens (tertiary/aromatic N) is 2. The van der Waals surface area contributed by atoms with Gasteiger partial charge in [-0.25, -0.2) is 4.79 Å². The van der Waals surface area contributed by atoms with Crippen molar-refractivity contribution in [3.63, 3.8) is 0 Å². The molecule has 2 heterocycles. The number of urea groups is 1. The Morgan fingerprint density at radius 3 is 2.88 bits per heavy atom. The first-order chi connectivity index (χ1) is 12.0. The van der Waals surface area contributed by atoms with E-state index in [2.05, 4.69) is 24.3 Å². The average Bonchev–Trinajstić information content (AvgIpc) is 3.24. The fraction of sp³-hybridized carbons (Fsp3) is 0.474. The molecule has 1 saturated heterocycles. The lowest BCUT2D eigenvalue weighted by Gasteiger charge is -2.23. The van der Waals surface area contributed by atoms with Gasteiger partial charge in [-0.2, -0.15) is 0 Å². The molecule has 1 aliphatic heterocycles. The summed E-state index contributed by atoms with van der Waals surface area (Å²) in [6.45, 7) is 6.83. The van der Waals surface area contributed by atoms with Gasteiger partial charge in [0.15, 0.2) is 5.76 Å². The van der Waals surface area contributed by atoms with Gasteiger partial charge >= 0.3 is 6.03 Å². The maximum Gasteiger partial charge on any atom is 0.322 e. The van der Waals surface area contributed by atoms with E-state index in [0.717, 1.165) is 29.9 Å². The highest BCUT2D eigenvalue weighted by atomic mass is 16.5. The molecule has 134 valence electrons. The molecule has 2 aromatic rings. The lowest BCUT2D eigenvalue weighted by molar-refractivity contribution is 0.195. The highest BCUT2D eigenvalue weighted by Crippen LogP contribution is 2.34. The summed E-state index contributed by atoms with van der Waals surface area (Å²) in [5.41, 5.74) is 2.66. The Balaban J connectivity index is 1.78. The molecule has 0 radical (unpaired) electrons. The molecular weight excluding hydrogens is 318 g/mol. The number of aromatic nitrogens is 1. The van der Waals surface area contributed by atoms with E-state index in [1.54, 1.807) is 7.11 Å². The number of amides is 2. The third kappa shape index (κ3) is 3.62. The van der Waals surface area contributed by atoms with Crippen molar-refractivity contribution in [3.8, 4) is 5.75 Å². The molecule has 0 aliphatic carbocycles. The summed E-state index contributed by atoms with van der Waals surface area (Å²) < 4.78 is 10.9. The van der Waals surface area contributed by atoms with Gasteiger partial charge < -0.3 is 19.5 Å². The van der Waals surface area contributed by atoms with Crippen LogP contribution >= 0.6 is 0 Å². The topological polar surface area (TPSA) is 67.6 Å². The number of carbonyl (C=O) groups excluding carboxylic acids is 1. The normalized spacial score (nSPS) is 17.2. The summed E-state index contributed by atoms with van der Waals surface area (Å²) in [6, 6.07) is 7.47. The Bertz CT molecular complexity index is 754. The summed E-state index contributed by atoms with van der Waals surface area (Å²) in [6.07, 6.45) is 1.83. The largest absolute Gasteiger partial charge is 0.495 e. The molecule has 1 unspecified atom stereocenters. The zero-order valence-corrected chi connectivity index (χ0v) is 15.2. The van der Waals surface area contributed by atoms with Crippen LogP contribution in [-0.2, 0) is 0 Å². The smallest absolute Gasteiger partial charge is 0.322 e. The van der Waals surface area contributed by atoms with Crippen LogP contribution in [0.3, 0.4) is 0 Å². The number of ether oxygens (including phenoxy) is 1. The lowest BCUT2D eigenvalue weighted by Crippen LogP contribution is -2.34. The molecule has 0 saturated carbocycles. The van der Waals surface area contributed by atoms with Crippen LogP contribution in [0, 0.1) is 6.92 Å². The van der Waals surface area contributed by atoms with Crippen LogP contribution < -0.4 is 10.1 Å². The average molecular weight is 343 g/mol. The van der Waals surface area contributed by atoms with Crippen molar-refractivity contribution in [1.82, 2.24) is 10.1 Å². The second-order valence-corrected chi connectivity index (χ2v) is 6.79. The first-order valence-corrected chi connectivity index (χ1v) is 8.68. The molecule has 1 atom stereocenters. The molecule has 1 aliphatic rings. The Hall–Kier alpha value is -2.50. The molecule has 0 bridgehead atoms. The second kappa shape index (κ2) is 7.17. The van der Waals surface area contributed by atoms with E-state index in [9.17, 15) is 4.79 Å². The van der Waals surface area contributed by atoms with Crippen LogP contribution in [0.15, 0.2) is 28.8 Å². The van der Waals surface area contributed by atoms with Crippen molar-refractivity contribution < 1.29 is 14.1 Å². The van der Waals surface area contributed by atoms with Crippen molar-refractivity contribution in [1.29, 1.82) is 0 Å². The minimum Gasteiger partial charge on any atom is -0.495 e. The van der Waals surface area contributed by atoms with Gasteiger partial charge in [-0.3, -0.25) is 0 Å². The molecular formula is C19H25N3O3. The van der Waals surface area contributed by atoms with Gasteiger partial charge in [0.1, 0.15) is 5.75 Å². The van der Waals surface area contributed by atoms with Crippen LogP contribution in [-0.4, -0.2) is 29.7 Å². The van der Waals surface area contributed by atoms with E-state index in [4.69, 9.17) is 9.26 Å². The van der Waals surface area contributed by atoms with Gasteiger partial charge in [0, 0.05) is 12.6 Å². The number of hydrogen-bond acceptors (Lipinski definition) is 4. The van der Waals surface area contributed by atoms with Crippen molar-refractivity contribution in [2.24, 2.45) is 0 Å². The van der Waals surface area contributed by atoms with Gasteiger partial charge in [-0.1, -0.05) is 25.1 Å². The molecule has 2 amide bonds. The number of nitrogens with one attached hydrogen (secondary N) is 1. The summed E-state index contributed by atoms with van der Waals surface area (Å²) in [4.78, 5) is 14.6. The molecule has 1 aromatic heterocycles. The van der Waals surface area contributed by atoms with E-state index in [-0.39, 0.29) is 12.1 Å². The molecule has 1 aromatic carbocycles. The van der Waals surface area contributed by atoms with E-state index in [1.165, 1.54) is 0 Å². The molecule has 3 rings (SSSR count). The lowest BCUT2D eigenvalue weighted by atomic mass is 10.1. The summed E-state index contributed by atoms with van der Waals surface area (Å²) in [5, 5.41) is 7.10. The van der Waals surface area contributed by atoms with Crippen LogP contribution in [0.2, 0.25) is 0 Å². The summed E-state index contributed by atoms with van der Waals surface area (Å²) in [5.74, 6) is 1.71. The van der Waals surface area contributed by atoms with Crippen LogP contribution in [0.4, 0.5) is 10.5 Å². The number of hydrogen-bond donors (Lipinski definition) is 1. The predicted molar refractivity (Wildman–Crippen MR) is 96.0 cm³/mol. The van der Waals surface area contributed by atoms with Gasteiger partial charge in [0.25, 0.3) is 0 Å². The number of rotatable bonds is 4.